The minimum Gasteiger partial charge on any atom is -0.333 e. The highest BCUT2D eigenvalue weighted by Crippen LogP contribution is 2.26. The van der Waals surface area contributed by atoms with Gasteiger partial charge in [0.15, 0.2) is 0 Å². The summed E-state index contributed by atoms with van der Waals surface area (Å²) >= 11 is 1.59. The largest absolute Gasteiger partial charge is 0.333 e. The summed E-state index contributed by atoms with van der Waals surface area (Å²) in [6.45, 7) is 2.45. The lowest BCUT2D eigenvalue weighted by Crippen LogP contribution is -2.51. The Bertz CT molecular complexity index is 655. The van der Waals surface area contributed by atoms with Gasteiger partial charge in [0.1, 0.15) is 6.04 Å². The third-order valence-electron chi connectivity index (χ3n) is 4.97. The summed E-state index contributed by atoms with van der Waals surface area (Å²) in [7, 11) is 0. The number of oxime groups is 1. The van der Waals surface area contributed by atoms with Gasteiger partial charge in [-0.1, -0.05) is 5.16 Å². The van der Waals surface area contributed by atoms with Gasteiger partial charge in [-0.25, -0.2) is 4.79 Å². The molecule has 3 aliphatic rings. The van der Waals surface area contributed by atoms with Gasteiger partial charge in [-0.2, -0.15) is 0 Å². The molecule has 148 valence electrons. The van der Waals surface area contributed by atoms with Crippen molar-refractivity contribution in [1.29, 1.82) is 0 Å². The zero-order chi connectivity index (χ0) is 19.4. The van der Waals surface area contributed by atoms with Gasteiger partial charge in [0.25, 0.3) is 0 Å². The lowest BCUT2D eigenvalue weighted by atomic mass is 10.1. The fourth-order valence-corrected chi connectivity index (χ4v) is 4.75. The third-order valence-corrected chi connectivity index (χ3v) is 6.01. The zero-order valence-corrected chi connectivity index (χ0v) is 16.2. The smallest absolute Gasteiger partial charge is 0.331 e. The lowest BCUT2D eigenvalue weighted by molar-refractivity contribution is -0.145. The number of hydrogen-bond acceptors (Lipinski definition) is 7. The maximum atomic E-state index is 13.0. The molecule has 0 aromatic heterocycles. The molecule has 0 radical (unpaired) electrons. The molecule has 0 aromatic rings. The molecule has 0 unspecified atom stereocenters. The van der Waals surface area contributed by atoms with Crippen molar-refractivity contribution in [2.45, 2.75) is 44.7 Å². The zero-order valence-electron chi connectivity index (χ0n) is 15.3. The van der Waals surface area contributed by atoms with Gasteiger partial charge in [-0.05, 0) is 19.3 Å². The van der Waals surface area contributed by atoms with E-state index in [0.29, 0.717) is 37.6 Å². The number of nitrogens with zero attached hydrogens (tertiary/aromatic N) is 4. The van der Waals surface area contributed by atoms with Crippen molar-refractivity contribution >= 4 is 41.7 Å². The van der Waals surface area contributed by atoms with E-state index in [1.54, 1.807) is 26.5 Å². The van der Waals surface area contributed by atoms with Crippen LogP contribution in [0.2, 0.25) is 0 Å². The van der Waals surface area contributed by atoms with E-state index in [1.165, 1.54) is 13.1 Å². The summed E-state index contributed by atoms with van der Waals surface area (Å²) in [6.07, 6.45) is 4.12. The molecular weight excluding hydrogens is 372 g/mol. The molecule has 3 rings (SSSR count). The fraction of sp³-hybridized carbons (Fsp3) is 0.706. The first-order chi connectivity index (χ1) is 13.0. The fourth-order valence-electron chi connectivity index (χ4n) is 3.62. The van der Waals surface area contributed by atoms with Crippen LogP contribution in [-0.4, -0.2) is 88.0 Å². The van der Waals surface area contributed by atoms with E-state index in [-0.39, 0.29) is 30.3 Å². The predicted molar refractivity (Wildman–Crippen MR) is 98.8 cm³/mol. The third kappa shape index (κ3) is 4.60. The van der Waals surface area contributed by atoms with Crippen LogP contribution in [0.15, 0.2) is 5.16 Å². The van der Waals surface area contributed by atoms with Gasteiger partial charge in [0.2, 0.25) is 17.7 Å². The average Bonchev–Trinajstić information content (AvgIpc) is 3.35. The molecule has 3 amide bonds. The molecule has 3 aliphatic heterocycles. The Morgan fingerprint density at radius 2 is 2.07 bits per heavy atom. The van der Waals surface area contributed by atoms with Crippen molar-refractivity contribution in [2.24, 2.45) is 5.16 Å². The van der Waals surface area contributed by atoms with Crippen molar-refractivity contribution < 1.29 is 24.0 Å². The van der Waals surface area contributed by atoms with E-state index < -0.39 is 12.0 Å². The number of amides is 3. The Balaban J connectivity index is 1.62. The maximum Gasteiger partial charge on any atom is 0.331 e. The van der Waals surface area contributed by atoms with Gasteiger partial charge in [-0.3, -0.25) is 14.4 Å². The first-order valence-corrected chi connectivity index (χ1v) is 10.3. The molecule has 9 nitrogen and oxygen atoms in total. The Morgan fingerprint density at radius 1 is 1.26 bits per heavy atom. The summed E-state index contributed by atoms with van der Waals surface area (Å²) < 4.78 is 0. The van der Waals surface area contributed by atoms with Gasteiger partial charge in [0, 0.05) is 32.2 Å². The minimum absolute atomic E-state index is 0.00288. The highest BCUT2D eigenvalue weighted by atomic mass is 32.2. The van der Waals surface area contributed by atoms with Crippen molar-refractivity contribution in [3.8, 4) is 0 Å². The molecule has 3 heterocycles. The van der Waals surface area contributed by atoms with Crippen LogP contribution in [0, 0.1) is 0 Å². The number of carbonyl (C=O) groups excluding carboxylic acids is 4. The molecule has 3 saturated heterocycles. The van der Waals surface area contributed by atoms with Crippen LogP contribution in [0.4, 0.5) is 0 Å². The molecule has 3 fully saturated rings. The van der Waals surface area contributed by atoms with Crippen molar-refractivity contribution in [3.05, 3.63) is 0 Å². The number of rotatable bonds is 5. The topological polar surface area (TPSA) is 99.6 Å². The lowest BCUT2D eigenvalue weighted by Gasteiger charge is -2.30. The number of thioether (sulfide) groups is 1. The molecule has 0 aromatic carbocycles. The highest BCUT2D eigenvalue weighted by Gasteiger charge is 2.40. The van der Waals surface area contributed by atoms with E-state index in [1.807, 2.05) is 0 Å². The maximum absolute atomic E-state index is 13.0. The van der Waals surface area contributed by atoms with Crippen LogP contribution in [0.25, 0.3) is 0 Å². The monoisotopic (exact) mass is 396 g/mol. The van der Waals surface area contributed by atoms with E-state index in [0.717, 1.165) is 12.8 Å². The molecule has 10 heteroatoms. The predicted octanol–water partition coefficient (Wildman–Crippen LogP) is 0.0502. The molecular formula is C17H24N4O5S. The first kappa shape index (κ1) is 19.7. The molecule has 0 bridgehead atoms. The summed E-state index contributed by atoms with van der Waals surface area (Å²) in [4.78, 5) is 57.8. The quantitative estimate of drug-likeness (QED) is 0.370. The second-order valence-electron chi connectivity index (χ2n) is 6.88. The van der Waals surface area contributed by atoms with Crippen molar-refractivity contribution in [3.63, 3.8) is 0 Å². The van der Waals surface area contributed by atoms with E-state index in [2.05, 4.69) is 9.99 Å². The van der Waals surface area contributed by atoms with Crippen LogP contribution in [0.1, 0.15) is 32.6 Å². The van der Waals surface area contributed by atoms with Gasteiger partial charge in [-0.15, -0.1) is 11.8 Å². The molecule has 0 saturated carbocycles. The average molecular weight is 396 g/mol. The number of likely N-dealkylation sites (tertiary alicyclic amines) is 2. The van der Waals surface area contributed by atoms with Crippen LogP contribution in [-0.2, 0) is 24.0 Å². The molecule has 27 heavy (non-hydrogen) atoms. The van der Waals surface area contributed by atoms with E-state index >= 15 is 0 Å². The SMILES string of the molecule is CC(=O)ON=C[C@@H]1CSCN1C(=O)[C@@H]1CCCN1C(=O)CN1CCCC1=O. The Kier molecular flexibility index (Phi) is 6.35. The summed E-state index contributed by atoms with van der Waals surface area (Å²) in [5.74, 6) is 0.385. The van der Waals surface area contributed by atoms with Gasteiger partial charge >= 0.3 is 5.97 Å². The van der Waals surface area contributed by atoms with Crippen molar-refractivity contribution in [2.75, 3.05) is 31.3 Å². The molecule has 0 N–H and O–H groups in total. The first-order valence-electron chi connectivity index (χ1n) is 9.14. The van der Waals surface area contributed by atoms with Crippen LogP contribution >= 0.6 is 11.8 Å². The van der Waals surface area contributed by atoms with E-state index in [9.17, 15) is 19.2 Å². The second kappa shape index (κ2) is 8.73. The van der Waals surface area contributed by atoms with Crippen LogP contribution in [0.5, 0.6) is 0 Å². The Labute approximate surface area is 162 Å². The Hall–Kier alpha value is -2.10. The van der Waals surface area contributed by atoms with Gasteiger partial charge < -0.3 is 19.5 Å². The standard InChI is InChI=1S/C17H24N4O5S/c1-12(22)26-18-8-13-10-27-11-21(13)17(25)14-4-2-7-20(14)16(24)9-19-6-3-5-15(19)23/h8,13-14H,2-7,9-11H2,1H3/t13-,14+/m1/s1. The van der Waals surface area contributed by atoms with Crippen molar-refractivity contribution in [1.82, 2.24) is 14.7 Å². The van der Waals surface area contributed by atoms with E-state index in [4.69, 9.17) is 0 Å². The summed E-state index contributed by atoms with van der Waals surface area (Å²) in [5.41, 5.74) is 0. The van der Waals surface area contributed by atoms with Crippen LogP contribution in [0.3, 0.4) is 0 Å². The molecule has 0 spiro atoms. The number of carbonyl (C=O) groups is 4. The normalized spacial score (nSPS) is 25.7. The minimum atomic E-state index is -0.515. The van der Waals surface area contributed by atoms with Crippen LogP contribution < -0.4 is 0 Å². The number of hydrogen-bond donors (Lipinski definition) is 0. The van der Waals surface area contributed by atoms with Gasteiger partial charge in [0.05, 0.1) is 24.7 Å². The molecule has 0 aliphatic carbocycles. The molecule has 2 atom stereocenters. The summed E-state index contributed by atoms with van der Waals surface area (Å²) in [5, 5.41) is 3.64. The highest BCUT2D eigenvalue weighted by molar-refractivity contribution is 7.99. The Morgan fingerprint density at radius 3 is 2.78 bits per heavy atom. The second-order valence-corrected chi connectivity index (χ2v) is 7.88. The summed E-state index contributed by atoms with van der Waals surface area (Å²) in [6, 6.07) is -0.766.